The zero-order chi connectivity index (χ0) is 22.2. The SMILES string of the molecule is O=S(=O)(c1cccc(F)c1)N1CC[C@@H](Oc2ccc(-c3noc(C(F)(F)F)n3)cn2)C1. The number of benzene rings is 1. The lowest BCUT2D eigenvalue weighted by molar-refractivity contribution is -0.159. The van der Waals surface area contributed by atoms with E-state index in [0.29, 0.717) is 6.42 Å². The van der Waals surface area contributed by atoms with E-state index in [1.54, 1.807) is 0 Å². The van der Waals surface area contributed by atoms with Crippen LogP contribution in [0, 0.1) is 5.82 Å². The van der Waals surface area contributed by atoms with Crippen molar-refractivity contribution < 1.29 is 35.2 Å². The predicted octanol–water partition coefficient (Wildman–Crippen LogP) is 3.13. The first-order valence-corrected chi connectivity index (χ1v) is 10.4. The lowest BCUT2D eigenvalue weighted by Gasteiger charge is -2.17. The first kappa shape index (κ1) is 21.2. The highest BCUT2D eigenvalue weighted by atomic mass is 32.2. The second-order valence-electron chi connectivity index (χ2n) is 6.65. The summed E-state index contributed by atoms with van der Waals surface area (Å²) >= 11 is 0. The maximum absolute atomic E-state index is 13.4. The molecule has 31 heavy (non-hydrogen) atoms. The van der Waals surface area contributed by atoms with Crippen LogP contribution < -0.4 is 4.74 Å². The molecule has 0 unspecified atom stereocenters. The molecule has 164 valence electrons. The molecule has 3 aromatic rings. The van der Waals surface area contributed by atoms with Crippen molar-refractivity contribution in [3.63, 3.8) is 0 Å². The van der Waals surface area contributed by atoms with Crippen LogP contribution in [0.4, 0.5) is 17.6 Å². The molecule has 0 aliphatic carbocycles. The van der Waals surface area contributed by atoms with Gasteiger partial charge in [0.2, 0.25) is 21.7 Å². The Morgan fingerprint density at radius 2 is 2.00 bits per heavy atom. The molecule has 8 nitrogen and oxygen atoms in total. The second-order valence-corrected chi connectivity index (χ2v) is 8.59. The highest BCUT2D eigenvalue weighted by molar-refractivity contribution is 7.89. The van der Waals surface area contributed by atoms with Crippen molar-refractivity contribution in [2.24, 2.45) is 0 Å². The number of halogens is 4. The van der Waals surface area contributed by atoms with Crippen LogP contribution in [0.2, 0.25) is 0 Å². The number of hydrogen-bond donors (Lipinski definition) is 0. The number of ether oxygens (including phenoxy) is 1. The minimum atomic E-state index is -4.75. The minimum absolute atomic E-state index is 0.0437. The van der Waals surface area contributed by atoms with Gasteiger partial charge in [-0.1, -0.05) is 11.2 Å². The third-order valence-corrected chi connectivity index (χ3v) is 6.35. The van der Waals surface area contributed by atoms with E-state index >= 15 is 0 Å². The van der Waals surface area contributed by atoms with Gasteiger partial charge >= 0.3 is 12.1 Å². The molecule has 0 amide bonds. The monoisotopic (exact) mass is 458 g/mol. The average Bonchev–Trinajstić information content (AvgIpc) is 3.38. The maximum Gasteiger partial charge on any atom is 0.471 e. The molecular weight excluding hydrogens is 444 g/mol. The third kappa shape index (κ3) is 4.51. The summed E-state index contributed by atoms with van der Waals surface area (Å²) in [7, 11) is -3.86. The third-order valence-electron chi connectivity index (χ3n) is 4.49. The Bertz CT molecular complexity index is 1180. The molecular formula is C18H14F4N4O4S. The van der Waals surface area contributed by atoms with Crippen molar-refractivity contribution in [3.05, 3.63) is 54.3 Å². The van der Waals surface area contributed by atoms with Crippen LogP contribution in [-0.2, 0) is 16.2 Å². The summed E-state index contributed by atoms with van der Waals surface area (Å²) in [5.74, 6) is -2.24. The summed E-state index contributed by atoms with van der Waals surface area (Å²) in [6.07, 6.45) is -3.64. The van der Waals surface area contributed by atoms with Gasteiger partial charge in [0.1, 0.15) is 11.9 Å². The standard InChI is InChI=1S/C18H14F4N4O4S/c19-12-2-1-3-14(8-12)31(27,28)26-7-6-13(10-26)29-15-5-4-11(9-23-15)16-24-17(30-25-16)18(20,21)22/h1-5,8-9,13H,6-7,10H2/t13-/m1/s1. The molecule has 0 saturated carbocycles. The number of sulfonamides is 1. The molecule has 1 aliphatic rings. The smallest absolute Gasteiger partial charge is 0.471 e. The van der Waals surface area contributed by atoms with Gasteiger partial charge in [-0.05, 0) is 30.7 Å². The van der Waals surface area contributed by atoms with Gasteiger partial charge in [-0.2, -0.15) is 22.5 Å². The highest BCUT2D eigenvalue weighted by Gasteiger charge is 2.38. The molecule has 1 atom stereocenters. The number of pyridine rings is 1. The van der Waals surface area contributed by atoms with Gasteiger partial charge in [-0.25, -0.2) is 17.8 Å². The van der Waals surface area contributed by atoms with Crippen LogP contribution in [0.1, 0.15) is 12.3 Å². The van der Waals surface area contributed by atoms with E-state index in [1.165, 1.54) is 34.8 Å². The van der Waals surface area contributed by atoms with Crippen molar-refractivity contribution in [3.8, 4) is 17.3 Å². The van der Waals surface area contributed by atoms with E-state index in [4.69, 9.17) is 4.74 Å². The largest absolute Gasteiger partial charge is 0.473 e. The summed E-state index contributed by atoms with van der Waals surface area (Å²) in [6.45, 7) is 0.229. The Hall–Kier alpha value is -3.06. The zero-order valence-corrected chi connectivity index (χ0v) is 16.4. The van der Waals surface area contributed by atoms with E-state index in [9.17, 15) is 26.0 Å². The molecule has 0 N–H and O–H groups in total. The summed E-state index contributed by atoms with van der Waals surface area (Å²) in [4.78, 5) is 7.13. The lowest BCUT2D eigenvalue weighted by atomic mass is 10.2. The first-order valence-electron chi connectivity index (χ1n) is 8.92. The molecule has 0 radical (unpaired) electrons. The molecule has 0 bridgehead atoms. The Balaban J connectivity index is 1.41. The first-order chi connectivity index (χ1) is 14.6. The van der Waals surface area contributed by atoms with E-state index in [2.05, 4.69) is 19.6 Å². The van der Waals surface area contributed by atoms with Crippen LogP contribution in [0.3, 0.4) is 0 Å². The number of alkyl halides is 3. The summed E-state index contributed by atoms with van der Waals surface area (Å²) in [6, 6.07) is 7.55. The fourth-order valence-electron chi connectivity index (χ4n) is 3.00. The van der Waals surface area contributed by atoms with Crippen LogP contribution in [0.5, 0.6) is 5.88 Å². The van der Waals surface area contributed by atoms with E-state index in [1.807, 2.05) is 0 Å². The van der Waals surface area contributed by atoms with Crippen molar-refractivity contribution in [1.29, 1.82) is 0 Å². The molecule has 3 heterocycles. The van der Waals surface area contributed by atoms with E-state index < -0.39 is 34.0 Å². The van der Waals surface area contributed by atoms with Crippen molar-refractivity contribution in [2.75, 3.05) is 13.1 Å². The maximum atomic E-state index is 13.4. The average molecular weight is 458 g/mol. The van der Waals surface area contributed by atoms with Gasteiger partial charge < -0.3 is 9.26 Å². The molecule has 1 fully saturated rings. The van der Waals surface area contributed by atoms with Gasteiger partial charge in [0.05, 0.1) is 11.4 Å². The Morgan fingerprint density at radius 1 is 1.19 bits per heavy atom. The van der Waals surface area contributed by atoms with Gasteiger partial charge in [0.15, 0.2) is 0 Å². The molecule has 2 aromatic heterocycles. The van der Waals surface area contributed by atoms with Crippen LogP contribution in [-0.4, -0.2) is 47.0 Å². The fourth-order valence-corrected chi connectivity index (χ4v) is 4.52. The number of aromatic nitrogens is 3. The quantitative estimate of drug-likeness (QED) is 0.542. The summed E-state index contributed by atoms with van der Waals surface area (Å²) in [5.41, 5.74) is 0.188. The number of nitrogens with zero attached hydrogens (tertiary/aromatic N) is 4. The second kappa shape index (κ2) is 7.89. The Labute approximate surface area is 173 Å². The topological polar surface area (TPSA) is 98.4 Å². The number of rotatable bonds is 5. The van der Waals surface area contributed by atoms with Crippen molar-refractivity contribution in [1.82, 2.24) is 19.4 Å². The van der Waals surface area contributed by atoms with Crippen LogP contribution >= 0.6 is 0 Å². The molecule has 0 spiro atoms. The highest BCUT2D eigenvalue weighted by Crippen LogP contribution is 2.30. The minimum Gasteiger partial charge on any atom is -0.473 e. The van der Waals surface area contributed by atoms with E-state index in [0.717, 1.165) is 12.1 Å². The van der Waals surface area contributed by atoms with Gasteiger partial charge in [0, 0.05) is 24.4 Å². The summed E-state index contributed by atoms with van der Waals surface area (Å²) in [5, 5.41) is 3.27. The fraction of sp³-hybridized carbons (Fsp3) is 0.278. The Morgan fingerprint density at radius 3 is 2.65 bits per heavy atom. The zero-order valence-electron chi connectivity index (χ0n) is 15.6. The Kier molecular flexibility index (Phi) is 5.39. The lowest BCUT2D eigenvalue weighted by Crippen LogP contribution is -2.31. The molecule has 1 saturated heterocycles. The molecule has 1 aromatic carbocycles. The van der Waals surface area contributed by atoms with Crippen LogP contribution in [0.25, 0.3) is 11.4 Å². The van der Waals surface area contributed by atoms with Gasteiger partial charge in [-0.15, -0.1) is 0 Å². The van der Waals surface area contributed by atoms with E-state index in [-0.39, 0.29) is 35.3 Å². The molecule has 1 aliphatic heterocycles. The normalized spacial score (nSPS) is 17.7. The summed E-state index contributed by atoms with van der Waals surface area (Å²) < 4.78 is 87.4. The van der Waals surface area contributed by atoms with Gasteiger partial charge in [-0.3, -0.25) is 0 Å². The van der Waals surface area contributed by atoms with Gasteiger partial charge in [0.25, 0.3) is 0 Å². The molecule has 13 heteroatoms. The van der Waals surface area contributed by atoms with Crippen LogP contribution in [0.15, 0.2) is 52.0 Å². The number of hydrogen-bond acceptors (Lipinski definition) is 7. The predicted molar refractivity (Wildman–Crippen MR) is 96.7 cm³/mol. The van der Waals surface area contributed by atoms with Crippen molar-refractivity contribution >= 4 is 10.0 Å². The van der Waals surface area contributed by atoms with Crippen molar-refractivity contribution in [2.45, 2.75) is 23.6 Å². The molecule has 4 rings (SSSR count).